The van der Waals surface area contributed by atoms with Crippen molar-refractivity contribution in [1.29, 1.82) is 0 Å². The van der Waals surface area contributed by atoms with E-state index in [2.05, 4.69) is 4.98 Å². The number of carbonyl (C=O) groups is 1. The van der Waals surface area contributed by atoms with Crippen molar-refractivity contribution in [3.63, 3.8) is 0 Å². The van der Waals surface area contributed by atoms with Gasteiger partial charge in [0.15, 0.2) is 5.81 Å². The summed E-state index contributed by atoms with van der Waals surface area (Å²) in [5.74, 6) is -0.832. The molecule has 1 heterocycles. The van der Waals surface area contributed by atoms with Gasteiger partial charge in [0.05, 0.1) is 10.9 Å². The number of rotatable bonds is 0. The van der Waals surface area contributed by atoms with Crippen molar-refractivity contribution < 1.29 is 9.18 Å². The molecule has 1 aromatic heterocycles. The third-order valence-electron chi connectivity index (χ3n) is 2.38. The van der Waals surface area contributed by atoms with E-state index in [0.29, 0.717) is 5.56 Å². The van der Waals surface area contributed by atoms with Gasteiger partial charge >= 0.3 is 0 Å². The lowest BCUT2D eigenvalue weighted by Gasteiger charge is -2.03. The summed E-state index contributed by atoms with van der Waals surface area (Å²) in [6.45, 7) is 1.55. The van der Waals surface area contributed by atoms with Crippen LogP contribution >= 0.6 is 0 Å². The molecule has 80 valence electrons. The first-order chi connectivity index (χ1) is 7.50. The molecular weight excluding hydrogens is 210 g/mol. The van der Waals surface area contributed by atoms with Crippen molar-refractivity contribution in [2.24, 2.45) is 0 Å². The smallest absolute Gasteiger partial charge is 0.267 e. The van der Waals surface area contributed by atoms with E-state index in [4.69, 9.17) is 0 Å². The van der Waals surface area contributed by atoms with Crippen LogP contribution in [-0.2, 0) is 0 Å². The first kappa shape index (κ1) is 10.5. The summed E-state index contributed by atoms with van der Waals surface area (Å²) in [4.78, 5) is 26.8. The summed E-state index contributed by atoms with van der Waals surface area (Å²) in [6, 6.07) is 2.59. The predicted octanol–water partition coefficient (Wildman–Crippen LogP) is 0.445. The van der Waals surface area contributed by atoms with Crippen LogP contribution in [0.2, 0.25) is 0 Å². The second kappa shape index (κ2) is 3.55. The van der Waals surface area contributed by atoms with Gasteiger partial charge in [-0.2, -0.15) is 0 Å². The molecule has 2 aromatic rings. The SMILES string of the molecule is BC(=O)n1cnc2cc(F)c(C)cc2c1=O. The van der Waals surface area contributed by atoms with E-state index in [-0.39, 0.29) is 10.9 Å². The molecule has 2 rings (SSSR count). The average molecular weight is 218 g/mol. The molecule has 0 spiro atoms. The Labute approximate surface area is 91.1 Å². The number of benzene rings is 1. The number of fused-ring (bicyclic) bond motifs is 1. The number of hydrogen-bond acceptors (Lipinski definition) is 3. The Hall–Kier alpha value is -1.98. The normalized spacial score (nSPS) is 10.6. The molecule has 0 amide bonds. The fourth-order valence-electron chi connectivity index (χ4n) is 1.48. The maximum Gasteiger partial charge on any atom is 0.267 e. The first-order valence-electron chi connectivity index (χ1n) is 4.69. The molecule has 0 aliphatic carbocycles. The van der Waals surface area contributed by atoms with Crippen LogP contribution in [0, 0.1) is 12.7 Å². The van der Waals surface area contributed by atoms with Gasteiger partial charge in [0.25, 0.3) is 5.56 Å². The molecule has 6 heteroatoms. The Morgan fingerprint density at radius 3 is 2.81 bits per heavy atom. The minimum absolute atomic E-state index is 0.247. The van der Waals surface area contributed by atoms with Crippen LogP contribution in [0.25, 0.3) is 10.9 Å². The molecule has 0 N–H and O–H groups in total. The third kappa shape index (κ3) is 1.52. The largest absolute Gasteiger partial charge is 0.287 e. The van der Waals surface area contributed by atoms with Crippen LogP contribution in [0.1, 0.15) is 5.56 Å². The zero-order valence-electron chi connectivity index (χ0n) is 8.82. The number of halogens is 1. The Kier molecular flexibility index (Phi) is 2.34. The molecule has 0 unspecified atom stereocenters. The third-order valence-corrected chi connectivity index (χ3v) is 2.38. The van der Waals surface area contributed by atoms with Crippen LogP contribution in [0.5, 0.6) is 0 Å². The lowest BCUT2D eigenvalue weighted by atomic mass is 10.1. The highest BCUT2D eigenvalue weighted by Gasteiger charge is 2.09. The monoisotopic (exact) mass is 218 g/mol. The molecular formula is C10H8BFN2O2. The van der Waals surface area contributed by atoms with Crippen LogP contribution in [0.3, 0.4) is 0 Å². The molecule has 0 saturated heterocycles. The van der Waals surface area contributed by atoms with Crippen molar-refractivity contribution in [1.82, 2.24) is 9.55 Å². The lowest BCUT2D eigenvalue weighted by molar-refractivity contribution is 0.260. The number of aryl methyl sites for hydroxylation is 1. The summed E-state index contributed by atoms with van der Waals surface area (Å²) >= 11 is 0. The molecule has 0 atom stereocenters. The van der Waals surface area contributed by atoms with Crippen molar-refractivity contribution >= 4 is 24.6 Å². The fourth-order valence-corrected chi connectivity index (χ4v) is 1.48. The van der Waals surface area contributed by atoms with Crippen molar-refractivity contribution in [2.45, 2.75) is 6.92 Å². The Morgan fingerprint density at radius 1 is 1.50 bits per heavy atom. The lowest BCUT2D eigenvalue weighted by Crippen LogP contribution is -2.26. The van der Waals surface area contributed by atoms with E-state index < -0.39 is 17.2 Å². The minimum atomic E-state index is -0.472. The maximum atomic E-state index is 13.2. The van der Waals surface area contributed by atoms with E-state index in [9.17, 15) is 14.0 Å². The quantitative estimate of drug-likeness (QED) is 0.603. The molecule has 0 saturated carbocycles. The summed E-state index contributed by atoms with van der Waals surface area (Å²) < 4.78 is 14.1. The maximum absolute atomic E-state index is 13.2. The van der Waals surface area contributed by atoms with Crippen LogP contribution in [0.15, 0.2) is 23.3 Å². The number of hydrogen-bond donors (Lipinski definition) is 0. The van der Waals surface area contributed by atoms with Gasteiger partial charge in [-0.3, -0.25) is 9.59 Å². The topological polar surface area (TPSA) is 52.0 Å². The fraction of sp³-hybridized carbons (Fsp3) is 0.100. The summed E-state index contributed by atoms with van der Waals surface area (Å²) in [5.41, 5.74) is 0.138. The van der Waals surface area contributed by atoms with Gasteiger partial charge in [-0.25, -0.2) is 13.9 Å². The Bertz CT molecular complexity index is 651. The van der Waals surface area contributed by atoms with Crippen molar-refractivity contribution in [3.8, 4) is 0 Å². The summed E-state index contributed by atoms with van der Waals surface area (Å²) in [6.07, 6.45) is 1.11. The zero-order valence-corrected chi connectivity index (χ0v) is 8.82. The van der Waals surface area contributed by atoms with E-state index in [0.717, 1.165) is 10.9 Å². The highest BCUT2D eigenvalue weighted by atomic mass is 19.1. The standard InChI is InChI=1S/C10H8BFN2O2/c1-5-2-6-8(3-7(5)12)13-4-14(9(6)15)10(11)16/h2-4H,11H2,1H3. The van der Waals surface area contributed by atoms with Gasteiger partial charge in [0, 0.05) is 6.07 Å². The van der Waals surface area contributed by atoms with E-state index in [1.54, 1.807) is 6.92 Å². The average Bonchev–Trinajstić information content (AvgIpc) is 2.21. The van der Waals surface area contributed by atoms with E-state index in [1.807, 2.05) is 0 Å². The van der Waals surface area contributed by atoms with Gasteiger partial charge in [0.1, 0.15) is 12.1 Å². The summed E-state index contributed by atoms with van der Waals surface area (Å²) in [7, 11) is 1.27. The van der Waals surface area contributed by atoms with Crippen molar-refractivity contribution in [3.05, 3.63) is 40.2 Å². The first-order valence-corrected chi connectivity index (χ1v) is 4.69. The molecule has 4 nitrogen and oxygen atoms in total. The second-order valence-corrected chi connectivity index (χ2v) is 3.56. The van der Waals surface area contributed by atoms with Gasteiger partial charge in [0.2, 0.25) is 7.85 Å². The molecule has 0 radical (unpaired) electrons. The van der Waals surface area contributed by atoms with Crippen LogP contribution in [0.4, 0.5) is 9.18 Å². The van der Waals surface area contributed by atoms with Crippen LogP contribution in [-0.4, -0.2) is 23.2 Å². The molecule has 1 aromatic carbocycles. The number of carbonyl (C=O) groups excluding carboxylic acids is 1. The van der Waals surface area contributed by atoms with Gasteiger partial charge < -0.3 is 0 Å². The van der Waals surface area contributed by atoms with E-state index in [1.165, 1.54) is 20.0 Å². The second-order valence-electron chi connectivity index (χ2n) is 3.56. The van der Waals surface area contributed by atoms with Gasteiger partial charge in [-0.15, -0.1) is 0 Å². The van der Waals surface area contributed by atoms with Crippen LogP contribution < -0.4 is 5.56 Å². The molecule has 0 aliphatic rings. The molecule has 0 bridgehead atoms. The predicted molar refractivity (Wildman–Crippen MR) is 60.0 cm³/mol. The van der Waals surface area contributed by atoms with Gasteiger partial charge in [-0.05, 0) is 18.6 Å². The zero-order chi connectivity index (χ0) is 11.9. The molecule has 16 heavy (non-hydrogen) atoms. The minimum Gasteiger partial charge on any atom is -0.287 e. The summed E-state index contributed by atoms with van der Waals surface area (Å²) in [5, 5.41) is 0.247. The van der Waals surface area contributed by atoms with Crippen molar-refractivity contribution in [2.75, 3.05) is 0 Å². The Balaban J connectivity index is 2.90. The highest BCUT2D eigenvalue weighted by molar-refractivity contribution is 6.57. The number of aromatic nitrogens is 2. The Morgan fingerprint density at radius 2 is 2.19 bits per heavy atom. The highest BCUT2D eigenvalue weighted by Crippen LogP contribution is 2.13. The number of nitrogens with zero attached hydrogens (tertiary/aromatic N) is 2. The van der Waals surface area contributed by atoms with Gasteiger partial charge in [-0.1, -0.05) is 0 Å². The van der Waals surface area contributed by atoms with E-state index >= 15 is 0 Å². The molecule has 0 aliphatic heterocycles. The molecule has 0 fully saturated rings.